The maximum Gasteiger partial charge on any atom is 0.348 e. The van der Waals surface area contributed by atoms with Gasteiger partial charge in [-0.3, -0.25) is 9.59 Å². The van der Waals surface area contributed by atoms with Crippen molar-refractivity contribution < 1.29 is 19.1 Å². The zero-order valence-electron chi connectivity index (χ0n) is 15.4. The molecule has 0 aliphatic carbocycles. The number of benzene rings is 1. The van der Waals surface area contributed by atoms with E-state index in [4.69, 9.17) is 0 Å². The van der Waals surface area contributed by atoms with Gasteiger partial charge in [-0.1, -0.05) is 19.1 Å². The SMILES string of the molecule is CCc1ccc(C(=O)N2CCN(C(=O)c3ccc(C(=O)OC)s3)CC2)cc1. The maximum atomic E-state index is 12.6. The van der Waals surface area contributed by atoms with Crippen molar-refractivity contribution in [2.45, 2.75) is 13.3 Å². The number of aryl methyl sites for hydroxylation is 1. The smallest absolute Gasteiger partial charge is 0.348 e. The Kier molecular flexibility index (Phi) is 5.91. The molecule has 0 N–H and O–H groups in total. The molecule has 0 bridgehead atoms. The van der Waals surface area contributed by atoms with Crippen LogP contribution in [-0.4, -0.2) is 60.9 Å². The van der Waals surface area contributed by atoms with Crippen LogP contribution in [0.25, 0.3) is 0 Å². The minimum atomic E-state index is -0.441. The van der Waals surface area contributed by atoms with Crippen LogP contribution in [0.5, 0.6) is 0 Å². The minimum absolute atomic E-state index is 0.00569. The van der Waals surface area contributed by atoms with Crippen LogP contribution in [0.3, 0.4) is 0 Å². The summed E-state index contributed by atoms with van der Waals surface area (Å²) in [4.78, 5) is 41.2. The van der Waals surface area contributed by atoms with Crippen LogP contribution in [0.1, 0.15) is 42.2 Å². The van der Waals surface area contributed by atoms with Gasteiger partial charge in [0.15, 0.2) is 0 Å². The Morgan fingerprint density at radius 1 is 0.889 bits per heavy atom. The van der Waals surface area contributed by atoms with Crippen molar-refractivity contribution in [2.24, 2.45) is 0 Å². The fourth-order valence-electron chi connectivity index (χ4n) is 3.00. The minimum Gasteiger partial charge on any atom is -0.465 e. The summed E-state index contributed by atoms with van der Waals surface area (Å²) < 4.78 is 4.67. The number of hydrogen-bond donors (Lipinski definition) is 0. The molecular formula is C20H22N2O4S. The zero-order valence-corrected chi connectivity index (χ0v) is 16.3. The molecule has 1 saturated heterocycles. The van der Waals surface area contributed by atoms with E-state index in [1.807, 2.05) is 24.3 Å². The van der Waals surface area contributed by atoms with Crippen LogP contribution >= 0.6 is 11.3 Å². The molecule has 2 heterocycles. The Balaban J connectivity index is 1.59. The Morgan fingerprint density at radius 2 is 1.44 bits per heavy atom. The molecule has 7 heteroatoms. The summed E-state index contributed by atoms with van der Waals surface area (Å²) in [5, 5.41) is 0. The average molecular weight is 386 g/mol. The van der Waals surface area contributed by atoms with E-state index < -0.39 is 5.97 Å². The van der Waals surface area contributed by atoms with E-state index in [0.29, 0.717) is 41.5 Å². The number of nitrogens with zero attached hydrogens (tertiary/aromatic N) is 2. The average Bonchev–Trinajstić information content (AvgIpc) is 3.22. The van der Waals surface area contributed by atoms with Gasteiger partial charge >= 0.3 is 5.97 Å². The molecule has 27 heavy (non-hydrogen) atoms. The van der Waals surface area contributed by atoms with Gasteiger partial charge in [-0.2, -0.15) is 0 Å². The Hall–Kier alpha value is -2.67. The van der Waals surface area contributed by atoms with Crippen LogP contribution in [0.2, 0.25) is 0 Å². The van der Waals surface area contributed by atoms with Crippen molar-refractivity contribution in [1.29, 1.82) is 0 Å². The number of rotatable bonds is 4. The van der Waals surface area contributed by atoms with Gasteiger partial charge in [0.1, 0.15) is 4.88 Å². The molecule has 0 saturated carbocycles. The summed E-state index contributed by atoms with van der Waals surface area (Å²) in [5.74, 6) is -0.563. The van der Waals surface area contributed by atoms with E-state index in [2.05, 4.69) is 11.7 Å². The first-order valence-corrected chi connectivity index (χ1v) is 9.70. The molecule has 1 aromatic carbocycles. The second-order valence-corrected chi connectivity index (χ2v) is 7.37. The molecule has 142 valence electrons. The Morgan fingerprint density at radius 3 is 2.00 bits per heavy atom. The molecule has 0 radical (unpaired) electrons. The molecule has 0 unspecified atom stereocenters. The monoisotopic (exact) mass is 386 g/mol. The van der Waals surface area contributed by atoms with Crippen LogP contribution in [0, 0.1) is 0 Å². The third kappa shape index (κ3) is 4.19. The van der Waals surface area contributed by atoms with Gasteiger partial charge in [0.05, 0.1) is 12.0 Å². The molecule has 6 nitrogen and oxygen atoms in total. The first kappa shape index (κ1) is 19.1. The highest BCUT2D eigenvalue weighted by atomic mass is 32.1. The van der Waals surface area contributed by atoms with Gasteiger partial charge in [0.25, 0.3) is 11.8 Å². The van der Waals surface area contributed by atoms with Crippen molar-refractivity contribution in [2.75, 3.05) is 33.3 Å². The molecule has 1 aliphatic rings. The molecule has 3 rings (SSSR count). The van der Waals surface area contributed by atoms with Gasteiger partial charge in [0.2, 0.25) is 0 Å². The van der Waals surface area contributed by atoms with Gasteiger partial charge in [-0.15, -0.1) is 11.3 Å². The van der Waals surface area contributed by atoms with Crippen molar-refractivity contribution in [3.05, 3.63) is 57.3 Å². The first-order chi connectivity index (χ1) is 13.0. The van der Waals surface area contributed by atoms with Crippen molar-refractivity contribution >= 4 is 29.1 Å². The fraction of sp³-hybridized carbons (Fsp3) is 0.350. The summed E-state index contributed by atoms with van der Waals surface area (Å²) in [6, 6.07) is 10.9. The van der Waals surface area contributed by atoms with Gasteiger partial charge in [-0.25, -0.2) is 4.79 Å². The topological polar surface area (TPSA) is 66.9 Å². The molecule has 2 amide bonds. The number of methoxy groups -OCH3 is 1. The van der Waals surface area contributed by atoms with Crippen molar-refractivity contribution in [1.82, 2.24) is 9.80 Å². The van der Waals surface area contributed by atoms with Crippen LogP contribution < -0.4 is 0 Å². The van der Waals surface area contributed by atoms with Crippen molar-refractivity contribution in [3.8, 4) is 0 Å². The number of esters is 1. The number of carbonyl (C=O) groups excluding carboxylic acids is 3. The maximum absolute atomic E-state index is 12.6. The molecular weight excluding hydrogens is 364 g/mol. The number of amides is 2. The Labute approximate surface area is 162 Å². The fourth-order valence-corrected chi connectivity index (χ4v) is 3.89. The summed E-state index contributed by atoms with van der Waals surface area (Å²) >= 11 is 1.13. The van der Waals surface area contributed by atoms with E-state index in [0.717, 1.165) is 17.8 Å². The van der Waals surface area contributed by atoms with Gasteiger partial charge in [0, 0.05) is 31.7 Å². The summed E-state index contributed by atoms with van der Waals surface area (Å²) in [5.41, 5.74) is 1.87. The van der Waals surface area contributed by atoms with Gasteiger partial charge < -0.3 is 14.5 Å². The molecule has 0 atom stereocenters. The second-order valence-electron chi connectivity index (χ2n) is 6.29. The van der Waals surface area contributed by atoms with Crippen LogP contribution in [-0.2, 0) is 11.2 Å². The van der Waals surface area contributed by atoms with E-state index in [9.17, 15) is 14.4 Å². The highest BCUT2D eigenvalue weighted by Gasteiger charge is 2.26. The predicted molar refractivity (Wildman–Crippen MR) is 103 cm³/mol. The standard InChI is InChI=1S/C20H22N2O4S/c1-3-14-4-6-15(7-5-14)18(23)21-10-12-22(13-11-21)19(24)16-8-9-17(27-16)20(25)26-2/h4-9H,3,10-13H2,1-2H3. The number of hydrogen-bond acceptors (Lipinski definition) is 5. The normalized spacial score (nSPS) is 14.1. The number of carbonyl (C=O) groups is 3. The second kappa shape index (κ2) is 8.35. The summed E-state index contributed by atoms with van der Waals surface area (Å²) in [6.07, 6.45) is 0.940. The van der Waals surface area contributed by atoms with Crippen LogP contribution in [0.4, 0.5) is 0 Å². The number of piperazine rings is 1. The summed E-state index contributed by atoms with van der Waals surface area (Å²) in [7, 11) is 1.32. The Bertz CT molecular complexity index is 836. The van der Waals surface area contributed by atoms with Crippen molar-refractivity contribution in [3.63, 3.8) is 0 Å². The number of thiophene rings is 1. The molecule has 2 aromatic rings. The first-order valence-electron chi connectivity index (χ1n) is 8.89. The zero-order chi connectivity index (χ0) is 19.4. The lowest BCUT2D eigenvalue weighted by Crippen LogP contribution is -2.50. The van der Waals surface area contributed by atoms with Crippen LogP contribution in [0.15, 0.2) is 36.4 Å². The quantitative estimate of drug-likeness (QED) is 0.758. The van der Waals surface area contributed by atoms with E-state index in [-0.39, 0.29) is 11.8 Å². The molecule has 0 spiro atoms. The predicted octanol–water partition coefficient (Wildman–Crippen LogP) is 2.70. The lowest BCUT2D eigenvalue weighted by molar-refractivity contribution is 0.0538. The lowest BCUT2D eigenvalue weighted by Gasteiger charge is -2.34. The number of ether oxygens (including phenoxy) is 1. The van der Waals surface area contributed by atoms with E-state index in [1.165, 1.54) is 12.7 Å². The molecule has 1 fully saturated rings. The largest absolute Gasteiger partial charge is 0.465 e. The van der Waals surface area contributed by atoms with E-state index >= 15 is 0 Å². The summed E-state index contributed by atoms with van der Waals surface area (Å²) in [6.45, 7) is 4.02. The highest BCUT2D eigenvalue weighted by molar-refractivity contribution is 7.15. The molecule has 1 aromatic heterocycles. The lowest BCUT2D eigenvalue weighted by atomic mass is 10.1. The third-order valence-corrected chi connectivity index (χ3v) is 5.72. The third-order valence-electron chi connectivity index (χ3n) is 4.67. The molecule has 1 aliphatic heterocycles. The van der Waals surface area contributed by atoms with E-state index in [1.54, 1.807) is 21.9 Å². The van der Waals surface area contributed by atoms with Gasteiger partial charge in [-0.05, 0) is 36.2 Å². The highest BCUT2D eigenvalue weighted by Crippen LogP contribution is 2.20.